The molecule has 3 N–H and O–H groups in total. The molecule has 1 aliphatic heterocycles. The molecule has 0 spiro atoms. The first kappa shape index (κ1) is 30.4. The molecular formula is C30H37N3O7. The highest BCUT2D eigenvalue weighted by Gasteiger charge is 2.27. The van der Waals surface area contributed by atoms with Crippen molar-refractivity contribution in [3.05, 3.63) is 83.9 Å². The Labute approximate surface area is 234 Å². The SMILES string of the molecule is C[C@H]1CNC(=O)[C@@H](CC(=O)N(CCO)Cc2ccccc2)CC=CC[C@@H](NC(=O)OCc2ccccc2)C(=O)O1. The fourth-order valence-corrected chi connectivity index (χ4v) is 4.16. The Morgan fingerprint density at radius 3 is 2.35 bits per heavy atom. The number of alkyl carbamates (subject to hydrolysis) is 1. The van der Waals surface area contributed by atoms with Gasteiger partial charge in [0.05, 0.1) is 19.1 Å². The predicted molar refractivity (Wildman–Crippen MR) is 148 cm³/mol. The van der Waals surface area contributed by atoms with Crippen molar-refractivity contribution in [2.45, 2.75) is 51.5 Å². The number of carbonyl (C=O) groups is 4. The summed E-state index contributed by atoms with van der Waals surface area (Å²) in [6, 6.07) is 17.6. The zero-order valence-corrected chi connectivity index (χ0v) is 22.7. The molecule has 0 bridgehead atoms. The van der Waals surface area contributed by atoms with Crippen LogP contribution in [0, 0.1) is 5.92 Å². The van der Waals surface area contributed by atoms with Gasteiger partial charge in [0.15, 0.2) is 0 Å². The molecule has 40 heavy (non-hydrogen) atoms. The van der Waals surface area contributed by atoms with Crippen molar-refractivity contribution in [2.75, 3.05) is 19.7 Å². The lowest BCUT2D eigenvalue weighted by molar-refractivity contribution is -0.151. The molecule has 0 aromatic heterocycles. The number of hydrogen-bond acceptors (Lipinski definition) is 7. The molecule has 0 aliphatic carbocycles. The lowest BCUT2D eigenvalue weighted by Crippen LogP contribution is -2.45. The summed E-state index contributed by atoms with van der Waals surface area (Å²) in [6.45, 7) is 2.02. The van der Waals surface area contributed by atoms with Gasteiger partial charge in [0, 0.05) is 19.5 Å². The van der Waals surface area contributed by atoms with Crippen molar-refractivity contribution in [3.63, 3.8) is 0 Å². The van der Waals surface area contributed by atoms with Crippen molar-refractivity contribution in [3.8, 4) is 0 Å². The summed E-state index contributed by atoms with van der Waals surface area (Å²) in [5.74, 6) is -1.88. The number of carbonyl (C=O) groups excluding carboxylic acids is 4. The topological polar surface area (TPSA) is 134 Å². The fraction of sp³-hybridized carbons (Fsp3) is 0.400. The van der Waals surface area contributed by atoms with E-state index in [0.29, 0.717) is 6.54 Å². The number of cyclic esters (lactones) is 1. The van der Waals surface area contributed by atoms with Crippen LogP contribution in [0.2, 0.25) is 0 Å². The van der Waals surface area contributed by atoms with Gasteiger partial charge < -0.3 is 30.1 Å². The van der Waals surface area contributed by atoms with E-state index < -0.39 is 30.1 Å². The van der Waals surface area contributed by atoms with Crippen LogP contribution in [0.4, 0.5) is 4.79 Å². The molecule has 2 aromatic rings. The molecule has 2 aromatic carbocycles. The quantitative estimate of drug-likeness (QED) is 0.322. The van der Waals surface area contributed by atoms with Crippen molar-refractivity contribution >= 4 is 23.9 Å². The van der Waals surface area contributed by atoms with Gasteiger partial charge >= 0.3 is 12.1 Å². The number of amides is 3. The number of benzene rings is 2. The van der Waals surface area contributed by atoms with Crippen LogP contribution in [0.25, 0.3) is 0 Å². The average Bonchev–Trinajstić information content (AvgIpc) is 2.96. The van der Waals surface area contributed by atoms with E-state index in [0.717, 1.165) is 11.1 Å². The monoisotopic (exact) mass is 551 g/mol. The van der Waals surface area contributed by atoms with Gasteiger partial charge in [0.25, 0.3) is 0 Å². The largest absolute Gasteiger partial charge is 0.459 e. The number of aliphatic hydroxyl groups excluding tert-OH is 1. The number of nitrogens with zero attached hydrogens (tertiary/aromatic N) is 1. The Morgan fingerprint density at radius 1 is 1.02 bits per heavy atom. The van der Waals surface area contributed by atoms with E-state index in [1.165, 1.54) is 4.90 Å². The number of ether oxygens (including phenoxy) is 2. The summed E-state index contributed by atoms with van der Waals surface area (Å²) in [7, 11) is 0. The number of nitrogens with one attached hydrogen (secondary N) is 2. The van der Waals surface area contributed by atoms with E-state index in [1.54, 1.807) is 19.1 Å². The predicted octanol–water partition coefficient (Wildman–Crippen LogP) is 2.71. The second-order valence-electron chi connectivity index (χ2n) is 9.62. The van der Waals surface area contributed by atoms with Gasteiger partial charge in [-0.05, 0) is 30.9 Å². The molecule has 10 heteroatoms. The van der Waals surface area contributed by atoms with Crippen molar-refractivity contribution in [1.29, 1.82) is 0 Å². The van der Waals surface area contributed by atoms with Crippen LogP contribution in [0.3, 0.4) is 0 Å². The normalized spacial score (nSPS) is 19.8. The minimum Gasteiger partial charge on any atom is -0.459 e. The Morgan fingerprint density at radius 2 is 1.68 bits per heavy atom. The molecule has 1 aliphatic rings. The van der Waals surface area contributed by atoms with E-state index >= 15 is 0 Å². The molecule has 3 rings (SSSR count). The average molecular weight is 552 g/mol. The number of aliphatic hydroxyl groups is 1. The number of allylic oxidation sites excluding steroid dienone is 1. The molecule has 3 amide bonds. The minimum absolute atomic E-state index is 0.0501. The van der Waals surface area contributed by atoms with Gasteiger partial charge in [0.2, 0.25) is 11.8 Å². The molecule has 0 fully saturated rings. The summed E-state index contributed by atoms with van der Waals surface area (Å²) in [5.41, 5.74) is 1.73. The van der Waals surface area contributed by atoms with E-state index in [4.69, 9.17) is 9.47 Å². The first-order valence-corrected chi connectivity index (χ1v) is 13.4. The van der Waals surface area contributed by atoms with E-state index in [1.807, 2.05) is 60.7 Å². The molecule has 0 saturated carbocycles. The third-order valence-electron chi connectivity index (χ3n) is 6.36. The Kier molecular flexibility index (Phi) is 12.2. The number of hydrogen-bond donors (Lipinski definition) is 3. The van der Waals surface area contributed by atoms with E-state index in [2.05, 4.69) is 10.6 Å². The van der Waals surface area contributed by atoms with Gasteiger partial charge in [-0.3, -0.25) is 9.59 Å². The van der Waals surface area contributed by atoms with Crippen molar-refractivity contribution < 1.29 is 33.8 Å². The summed E-state index contributed by atoms with van der Waals surface area (Å²) >= 11 is 0. The molecule has 3 atom stereocenters. The zero-order chi connectivity index (χ0) is 28.7. The molecule has 0 saturated heterocycles. The van der Waals surface area contributed by atoms with Crippen LogP contribution >= 0.6 is 0 Å². The lowest BCUT2D eigenvalue weighted by Gasteiger charge is -2.25. The van der Waals surface area contributed by atoms with E-state index in [-0.39, 0.29) is 57.4 Å². The van der Waals surface area contributed by atoms with Crippen molar-refractivity contribution in [2.24, 2.45) is 5.92 Å². The van der Waals surface area contributed by atoms with Gasteiger partial charge in [-0.25, -0.2) is 9.59 Å². The smallest absolute Gasteiger partial charge is 0.408 e. The highest BCUT2D eigenvalue weighted by molar-refractivity contribution is 5.86. The zero-order valence-electron chi connectivity index (χ0n) is 22.7. The highest BCUT2D eigenvalue weighted by atomic mass is 16.6. The van der Waals surface area contributed by atoms with Crippen LogP contribution in [0.5, 0.6) is 0 Å². The standard InChI is InChI=1S/C30H37N3O7/c1-22-19-31-28(36)25(18-27(35)33(16-17-34)20-23-10-4-2-5-11-23)14-8-9-15-26(29(37)40-22)32-30(38)39-21-24-12-6-3-7-13-24/h2-13,22,25-26,34H,14-21H2,1H3,(H,31,36)(H,32,38)/t22-,25+,26+/m0/s1. The first-order valence-electron chi connectivity index (χ1n) is 13.4. The third-order valence-corrected chi connectivity index (χ3v) is 6.36. The Hall–Kier alpha value is -4.18. The molecule has 0 radical (unpaired) electrons. The van der Waals surface area contributed by atoms with Crippen LogP contribution < -0.4 is 10.6 Å². The number of rotatable bonds is 9. The van der Waals surface area contributed by atoms with Gasteiger partial charge in [0.1, 0.15) is 18.8 Å². The summed E-state index contributed by atoms with van der Waals surface area (Å²) in [6.07, 6.45) is 2.31. The van der Waals surface area contributed by atoms with Gasteiger partial charge in [-0.15, -0.1) is 0 Å². The second kappa shape index (κ2) is 16.0. The summed E-state index contributed by atoms with van der Waals surface area (Å²) in [4.78, 5) is 52.7. The maximum Gasteiger partial charge on any atom is 0.408 e. The first-order chi connectivity index (χ1) is 19.4. The molecule has 10 nitrogen and oxygen atoms in total. The number of esters is 1. The molecule has 0 unspecified atom stereocenters. The molecular weight excluding hydrogens is 514 g/mol. The Bertz CT molecular complexity index is 1140. The fourth-order valence-electron chi connectivity index (χ4n) is 4.16. The van der Waals surface area contributed by atoms with Crippen LogP contribution in [-0.2, 0) is 37.0 Å². The molecule has 214 valence electrons. The van der Waals surface area contributed by atoms with Gasteiger partial charge in [-0.2, -0.15) is 0 Å². The van der Waals surface area contributed by atoms with Crippen LogP contribution in [0.15, 0.2) is 72.8 Å². The maximum absolute atomic E-state index is 13.2. The van der Waals surface area contributed by atoms with Gasteiger partial charge in [-0.1, -0.05) is 72.8 Å². The van der Waals surface area contributed by atoms with Crippen molar-refractivity contribution in [1.82, 2.24) is 15.5 Å². The maximum atomic E-state index is 13.2. The summed E-state index contributed by atoms with van der Waals surface area (Å²) in [5, 5.41) is 14.8. The lowest BCUT2D eigenvalue weighted by atomic mass is 9.98. The summed E-state index contributed by atoms with van der Waals surface area (Å²) < 4.78 is 10.7. The Balaban J connectivity index is 1.63. The highest BCUT2D eigenvalue weighted by Crippen LogP contribution is 2.16. The third kappa shape index (κ3) is 10.2. The molecule has 1 heterocycles. The van der Waals surface area contributed by atoms with E-state index in [9.17, 15) is 24.3 Å². The van der Waals surface area contributed by atoms with Crippen LogP contribution in [-0.4, -0.2) is 65.7 Å². The van der Waals surface area contributed by atoms with Crippen LogP contribution in [0.1, 0.15) is 37.3 Å². The minimum atomic E-state index is -0.983. The second-order valence-corrected chi connectivity index (χ2v) is 9.62.